The first-order valence-electron chi connectivity index (χ1n) is 5.65. The van der Waals surface area contributed by atoms with Crippen molar-refractivity contribution >= 4 is 0 Å². The van der Waals surface area contributed by atoms with E-state index in [1.54, 1.807) is 13.0 Å². The topological polar surface area (TPSA) is 26.0 Å². The highest BCUT2D eigenvalue weighted by atomic mass is 19.1. The molecule has 0 amide bonds. The van der Waals surface area contributed by atoms with Crippen LogP contribution < -0.4 is 5.73 Å². The highest BCUT2D eigenvalue weighted by molar-refractivity contribution is 5.31. The molecule has 0 radical (unpaired) electrons. The minimum Gasteiger partial charge on any atom is -0.330 e. The highest BCUT2D eigenvalue weighted by Gasteiger charge is 2.34. The van der Waals surface area contributed by atoms with Gasteiger partial charge in [0.1, 0.15) is 5.82 Å². The first kappa shape index (κ1) is 10.6. The lowest BCUT2D eigenvalue weighted by atomic mass is 9.79. The average Bonchev–Trinajstić information content (AvgIpc) is 2.72. The van der Waals surface area contributed by atoms with Gasteiger partial charge in [-0.2, -0.15) is 0 Å². The van der Waals surface area contributed by atoms with Gasteiger partial charge in [0.2, 0.25) is 0 Å². The second kappa shape index (κ2) is 3.93. The molecule has 0 heterocycles. The molecule has 0 saturated heterocycles. The van der Waals surface area contributed by atoms with Crippen molar-refractivity contribution < 1.29 is 4.39 Å². The molecule has 1 nitrogen and oxygen atoms in total. The monoisotopic (exact) mass is 207 g/mol. The summed E-state index contributed by atoms with van der Waals surface area (Å²) in [6.07, 6.45) is 4.64. The maximum Gasteiger partial charge on any atom is 0.126 e. The lowest BCUT2D eigenvalue weighted by Crippen LogP contribution is -2.32. The third kappa shape index (κ3) is 1.78. The van der Waals surface area contributed by atoms with E-state index in [2.05, 4.69) is 0 Å². The van der Waals surface area contributed by atoms with Crippen molar-refractivity contribution in [3.8, 4) is 0 Å². The van der Waals surface area contributed by atoms with Crippen LogP contribution in [0.3, 0.4) is 0 Å². The van der Waals surface area contributed by atoms with Crippen molar-refractivity contribution in [2.45, 2.75) is 38.0 Å². The van der Waals surface area contributed by atoms with Crippen molar-refractivity contribution in [2.75, 3.05) is 6.54 Å². The van der Waals surface area contributed by atoms with E-state index in [9.17, 15) is 4.39 Å². The lowest BCUT2D eigenvalue weighted by Gasteiger charge is -2.28. The van der Waals surface area contributed by atoms with E-state index >= 15 is 0 Å². The van der Waals surface area contributed by atoms with Crippen LogP contribution in [-0.2, 0) is 5.41 Å². The summed E-state index contributed by atoms with van der Waals surface area (Å²) < 4.78 is 13.5. The second-order valence-corrected chi connectivity index (χ2v) is 4.66. The van der Waals surface area contributed by atoms with Gasteiger partial charge in [-0.25, -0.2) is 4.39 Å². The van der Waals surface area contributed by atoms with Crippen LogP contribution in [0.25, 0.3) is 0 Å². The summed E-state index contributed by atoms with van der Waals surface area (Å²) in [6.45, 7) is 2.43. The summed E-state index contributed by atoms with van der Waals surface area (Å²) in [7, 11) is 0. The van der Waals surface area contributed by atoms with E-state index in [1.807, 2.05) is 12.1 Å². The Labute approximate surface area is 90.5 Å². The molecule has 0 aromatic heterocycles. The molecule has 82 valence electrons. The molecule has 0 bridgehead atoms. The quantitative estimate of drug-likeness (QED) is 0.792. The largest absolute Gasteiger partial charge is 0.330 e. The summed E-state index contributed by atoms with van der Waals surface area (Å²) in [5.41, 5.74) is 7.72. The normalized spacial score (nSPS) is 19.4. The molecule has 0 aliphatic heterocycles. The van der Waals surface area contributed by atoms with E-state index in [1.165, 1.54) is 12.8 Å². The number of nitrogens with two attached hydrogens (primary N) is 1. The molecule has 1 fully saturated rings. The van der Waals surface area contributed by atoms with E-state index in [0.29, 0.717) is 12.1 Å². The molecule has 1 aromatic rings. The van der Waals surface area contributed by atoms with Crippen molar-refractivity contribution in [2.24, 2.45) is 5.73 Å². The Balaban J connectivity index is 2.38. The molecular formula is C13H18FN. The Morgan fingerprint density at radius 3 is 2.53 bits per heavy atom. The van der Waals surface area contributed by atoms with Gasteiger partial charge in [0, 0.05) is 12.0 Å². The van der Waals surface area contributed by atoms with Gasteiger partial charge in [-0.15, -0.1) is 0 Å². The molecule has 1 aliphatic carbocycles. The SMILES string of the molecule is Cc1ccc(C2(CN)CCCC2)cc1F. The zero-order valence-electron chi connectivity index (χ0n) is 9.22. The Morgan fingerprint density at radius 2 is 2.00 bits per heavy atom. The molecule has 0 unspecified atom stereocenters. The fourth-order valence-corrected chi connectivity index (χ4v) is 2.59. The third-order valence-corrected chi connectivity index (χ3v) is 3.74. The number of benzene rings is 1. The summed E-state index contributed by atoms with van der Waals surface area (Å²) in [5.74, 6) is -0.104. The van der Waals surface area contributed by atoms with Gasteiger partial charge in [0.05, 0.1) is 0 Å². The van der Waals surface area contributed by atoms with Gasteiger partial charge in [0.15, 0.2) is 0 Å². The molecule has 2 N–H and O–H groups in total. The molecule has 0 atom stereocenters. The standard InChI is InChI=1S/C13H18FN/c1-10-4-5-11(8-12(10)14)13(9-15)6-2-3-7-13/h4-5,8H,2-3,6-7,9,15H2,1H3. The summed E-state index contributed by atoms with van der Waals surface area (Å²) in [5, 5.41) is 0. The van der Waals surface area contributed by atoms with Crippen molar-refractivity contribution in [3.63, 3.8) is 0 Å². The summed E-state index contributed by atoms with van der Waals surface area (Å²) in [4.78, 5) is 0. The number of hydrogen-bond acceptors (Lipinski definition) is 1. The molecule has 15 heavy (non-hydrogen) atoms. The van der Waals surface area contributed by atoms with Gasteiger partial charge in [-0.1, -0.05) is 25.0 Å². The summed E-state index contributed by atoms with van der Waals surface area (Å²) in [6, 6.07) is 5.57. The van der Waals surface area contributed by atoms with Gasteiger partial charge in [-0.05, 0) is 37.0 Å². The Bertz CT molecular complexity index is 354. The van der Waals surface area contributed by atoms with Crippen LogP contribution in [0.1, 0.15) is 36.8 Å². The van der Waals surface area contributed by atoms with Crippen molar-refractivity contribution in [3.05, 3.63) is 35.1 Å². The van der Waals surface area contributed by atoms with Crippen LogP contribution >= 0.6 is 0 Å². The maximum absolute atomic E-state index is 13.5. The zero-order valence-corrected chi connectivity index (χ0v) is 9.22. The Kier molecular flexibility index (Phi) is 2.79. The van der Waals surface area contributed by atoms with Crippen LogP contribution in [0.2, 0.25) is 0 Å². The lowest BCUT2D eigenvalue weighted by molar-refractivity contribution is 0.449. The van der Waals surface area contributed by atoms with Gasteiger partial charge >= 0.3 is 0 Å². The Hall–Kier alpha value is -0.890. The van der Waals surface area contributed by atoms with E-state index < -0.39 is 0 Å². The molecule has 2 heteroatoms. The molecular weight excluding hydrogens is 189 g/mol. The molecule has 0 spiro atoms. The van der Waals surface area contributed by atoms with Gasteiger partial charge < -0.3 is 5.73 Å². The fourth-order valence-electron chi connectivity index (χ4n) is 2.59. The fraction of sp³-hybridized carbons (Fsp3) is 0.538. The number of rotatable bonds is 2. The smallest absolute Gasteiger partial charge is 0.126 e. The highest BCUT2D eigenvalue weighted by Crippen LogP contribution is 2.40. The predicted molar refractivity (Wildman–Crippen MR) is 60.3 cm³/mol. The van der Waals surface area contributed by atoms with Gasteiger partial charge in [0.25, 0.3) is 0 Å². The molecule has 1 aromatic carbocycles. The van der Waals surface area contributed by atoms with Crippen LogP contribution in [0.15, 0.2) is 18.2 Å². The van der Waals surface area contributed by atoms with Crippen LogP contribution in [-0.4, -0.2) is 6.54 Å². The van der Waals surface area contributed by atoms with Crippen molar-refractivity contribution in [1.29, 1.82) is 0 Å². The molecule has 2 rings (SSSR count). The van der Waals surface area contributed by atoms with E-state index in [0.717, 1.165) is 18.4 Å². The molecule has 1 aliphatic rings. The first-order chi connectivity index (χ1) is 7.18. The van der Waals surface area contributed by atoms with E-state index in [-0.39, 0.29) is 11.2 Å². The first-order valence-corrected chi connectivity index (χ1v) is 5.65. The van der Waals surface area contributed by atoms with Crippen LogP contribution in [0.5, 0.6) is 0 Å². The second-order valence-electron chi connectivity index (χ2n) is 4.66. The van der Waals surface area contributed by atoms with E-state index in [4.69, 9.17) is 5.73 Å². The van der Waals surface area contributed by atoms with Gasteiger partial charge in [-0.3, -0.25) is 0 Å². The maximum atomic E-state index is 13.5. The average molecular weight is 207 g/mol. The van der Waals surface area contributed by atoms with Crippen molar-refractivity contribution in [1.82, 2.24) is 0 Å². The zero-order chi connectivity index (χ0) is 10.9. The minimum absolute atomic E-state index is 0.0501. The number of hydrogen-bond donors (Lipinski definition) is 1. The Morgan fingerprint density at radius 1 is 1.33 bits per heavy atom. The molecule has 1 saturated carbocycles. The van der Waals surface area contributed by atoms with Crippen LogP contribution in [0, 0.1) is 12.7 Å². The predicted octanol–water partition coefficient (Wildman–Crippen LogP) is 2.90. The minimum atomic E-state index is -0.104. The van der Waals surface area contributed by atoms with Crippen LogP contribution in [0.4, 0.5) is 4.39 Å². The summed E-state index contributed by atoms with van der Waals surface area (Å²) >= 11 is 0. The third-order valence-electron chi connectivity index (χ3n) is 3.74. The number of aryl methyl sites for hydroxylation is 1. The number of halogens is 1.